The van der Waals surface area contributed by atoms with Gasteiger partial charge in [0.15, 0.2) is 0 Å². The number of aromatic carboxylic acids is 1. The van der Waals surface area contributed by atoms with Crippen molar-refractivity contribution in [3.8, 4) is 0 Å². The van der Waals surface area contributed by atoms with E-state index >= 15 is 0 Å². The van der Waals surface area contributed by atoms with Crippen LogP contribution in [0.4, 0.5) is 5.69 Å². The van der Waals surface area contributed by atoms with E-state index in [0.717, 1.165) is 12.8 Å². The minimum Gasteiger partial charge on any atom is -0.478 e. The molecule has 2 N–H and O–H groups in total. The summed E-state index contributed by atoms with van der Waals surface area (Å²) in [5.41, 5.74) is 0.509. The smallest absolute Gasteiger partial charge is 0.337 e. The van der Waals surface area contributed by atoms with Gasteiger partial charge in [0.25, 0.3) is 0 Å². The Morgan fingerprint density at radius 1 is 1.38 bits per heavy atom. The first kappa shape index (κ1) is 18.7. The second-order valence-corrected chi connectivity index (χ2v) is 7.61. The van der Waals surface area contributed by atoms with Gasteiger partial charge in [-0.1, -0.05) is 13.3 Å². The predicted molar refractivity (Wildman–Crippen MR) is 91.1 cm³/mol. The number of ether oxygens (including phenoxy) is 1. The number of rotatable bonds is 7. The Morgan fingerprint density at radius 3 is 2.62 bits per heavy atom. The molecule has 2 rings (SSSR count). The molecule has 134 valence electrons. The molecule has 24 heavy (non-hydrogen) atoms. The monoisotopic (exact) mass is 356 g/mol. The summed E-state index contributed by atoms with van der Waals surface area (Å²) in [5.74, 6) is -1.14. The first-order chi connectivity index (χ1) is 11.3. The summed E-state index contributed by atoms with van der Waals surface area (Å²) in [4.78, 5) is 13.5. The van der Waals surface area contributed by atoms with Gasteiger partial charge in [-0.15, -0.1) is 0 Å². The van der Waals surface area contributed by atoms with Crippen molar-refractivity contribution in [2.45, 2.75) is 37.6 Å². The third-order valence-corrected chi connectivity index (χ3v) is 5.53. The van der Waals surface area contributed by atoms with Gasteiger partial charge in [0, 0.05) is 19.1 Å². The molecule has 0 saturated carbocycles. The highest BCUT2D eigenvalue weighted by molar-refractivity contribution is 7.89. The molecule has 0 radical (unpaired) electrons. The molecule has 7 nitrogen and oxygen atoms in total. The molecule has 0 spiro atoms. The van der Waals surface area contributed by atoms with Crippen molar-refractivity contribution < 1.29 is 23.1 Å². The van der Waals surface area contributed by atoms with E-state index in [1.54, 1.807) is 13.0 Å². The number of carboxylic acid groups (broad SMARTS) is 1. The lowest BCUT2D eigenvalue weighted by molar-refractivity contribution is 0.0696. The molecule has 1 aliphatic rings. The normalized spacial score (nSPS) is 16.8. The Morgan fingerprint density at radius 2 is 2.04 bits per heavy atom. The fourth-order valence-corrected chi connectivity index (χ4v) is 4.06. The molecule has 0 aromatic heterocycles. The molecule has 1 heterocycles. The number of sulfonamides is 1. The maximum atomic E-state index is 12.4. The summed E-state index contributed by atoms with van der Waals surface area (Å²) >= 11 is 0. The lowest BCUT2D eigenvalue weighted by atomic mass is 10.1. The Labute approximate surface area is 142 Å². The van der Waals surface area contributed by atoms with Gasteiger partial charge in [-0.25, -0.2) is 17.9 Å². The number of benzene rings is 1. The molecule has 1 saturated heterocycles. The minimum absolute atomic E-state index is 0.0112. The van der Waals surface area contributed by atoms with E-state index in [2.05, 4.69) is 4.72 Å². The van der Waals surface area contributed by atoms with E-state index in [-0.39, 0.29) is 16.5 Å². The topological polar surface area (TPSA) is 95.9 Å². The number of hydrogen-bond acceptors (Lipinski definition) is 5. The number of hydrogen-bond donors (Lipinski definition) is 2. The Kier molecular flexibility index (Phi) is 6.20. The van der Waals surface area contributed by atoms with Crippen LogP contribution in [0.25, 0.3) is 0 Å². The van der Waals surface area contributed by atoms with Gasteiger partial charge < -0.3 is 14.7 Å². The van der Waals surface area contributed by atoms with E-state index in [1.165, 1.54) is 12.1 Å². The molecule has 1 aliphatic heterocycles. The number of anilines is 1. The summed E-state index contributed by atoms with van der Waals surface area (Å²) in [6.45, 7) is 5.98. The van der Waals surface area contributed by atoms with Crippen molar-refractivity contribution in [2.24, 2.45) is 0 Å². The highest BCUT2D eigenvalue weighted by Gasteiger charge is 2.23. The van der Waals surface area contributed by atoms with Gasteiger partial charge in [0.1, 0.15) is 0 Å². The van der Waals surface area contributed by atoms with Crippen LogP contribution < -0.4 is 9.62 Å². The van der Waals surface area contributed by atoms with Crippen molar-refractivity contribution in [1.82, 2.24) is 4.72 Å². The van der Waals surface area contributed by atoms with Crippen molar-refractivity contribution in [3.05, 3.63) is 23.8 Å². The summed E-state index contributed by atoms with van der Waals surface area (Å²) < 4.78 is 32.7. The SMILES string of the molecule is CCC[C@@H](C)NS(=O)(=O)c1ccc(N2CCOCC2)c(C(=O)O)c1. The first-order valence-electron chi connectivity index (χ1n) is 8.07. The molecule has 1 aromatic carbocycles. The molecule has 8 heteroatoms. The zero-order valence-corrected chi connectivity index (χ0v) is 14.8. The van der Waals surface area contributed by atoms with E-state index in [4.69, 9.17) is 4.74 Å². The van der Waals surface area contributed by atoms with Crippen LogP contribution >= 0.6 is 0 Å². The lowest BCUT2D eigenvalue weighted by Crippen LogP contribution is -2.37. The Balaban J connectivity index is 2.32. The molecule has 0 aliphatic carbocycles. The highest BCUT2D eigenvalue weighted by atomic mass is 32.2. The van der Waals surface area contributed by atoms with Crippen molar-refractivity contribution >= 4 is 21.7 Å². The van der Waals surface area contributed by atoms with Gasteiger partial charge in [0.05, 0.1) is 29.4 Å². The maximum Gasteiger partial charge on any atom is 0.337 e. The number of carbonyl (C=O) groups is 1. The number of nitrogens with one attached hydrogen (secondary N) is 1. The van der Waals surface area contributed by atoms with Gasteiger partial charge >= 0.3 is 5.97 Å². The predicted octanol–water partition coefficient (Wildman–Crippen LogP) is 1.69. The molecule has 0 amide bonds. The van der Waals surface area contributed by atoms with E-state index in [1.807, 2.05) is 11.8 Å². The van der Waals surface area contributed by atoms with Gasteiger partial charge in [-0.2, -0.15) is 0 Å². The molecule has 0 bridgehead atoms. The third-order valence-electron chi connectivity index (χ3n) is 3.94. The minimum atomic E-state index is -3.74. The third kappa shape index (κ3) is 4.46. The lowest BCUT2D eigenvalue weighted by Gasteiger charge is -2.30. The maximum absolute atomic E-state index is 12.4. The molecular formula is C16H24N2O5S. The summed E-state index contributed by atoms with van der Waals surface area (Å²) in [5, 5.41) is 9.48. The second-order valence-electron chi connectivity index (χ2n) is 5.89. The number of morpholine rings is 1. The summed E-state index contributed by atoms with van der Waals surface area (Å²) in [7, 11) is -3.74. The van der Waals surface area contributed by atoms with E-state index in [9.17, 15) is 18.3 Å². The summed E-state index contributed by atoms with van der Waals surface area (Å²) in [6.07, 6.45) is 1.58. The van der Waals surface area contributed by atoms with Crippen LogP contribution in [0.3, 0.4) is 0 Å². The van der Waals surface area contributed by atoms with Crippen molar-refractivity contribution in [2.75, 3.05) is 31.2 Å². The molecule has 0 unspecified atom stereocenters. The summed E-state index contributed by atoms with van der Waals surface area (Å²) in [6, 6.07) is 4.05. The quantitative estimate of drug-likeness (QED) is 0.772. The second kappa shape index (κ2) is 7.96. The van der Waals surface area contributed by atoms with E-state index < -0.39 is 16.0 Å². The fourth-order valence-electron chi connectivity index (χ4n) is 2.76. The van der Waals surface area contributed by atoms with Gasteiger partial charge in [0.2, 0.25) is 10.0 Å². The molecule has 1 atom stereocenters. The zero-order valence-electron chi connectivity index (χ0n) is 14.0. The van der Waals surface area contributed by atoms with Gasteiger partial charge in [-0.3, -0.25) is 0 Å². The highest BCUT2D eigenvalue weighted by Crippen LogP contribution is 2.25. The molecule has 1 aromatic rings. The van der Waals surface area contributed by atoms with Crippen LogP contribution in [0.5, 0.6) is 0 Å². The van der Waals surface area contributed by atoms with Crippen LogP contribution in [0.15, 0.2) is 23.1 Å². The van der Waals surface area contributed by atoms with Crippen molar-refractivity contribution in [3.63, 3.8) is 0 Å². The largest absolute Gasteiger partial charge is 0.478 e. The van der Waals surface area contributed by atoms with Crippen LogP contribution in [0, 0.1) is 0 Å². The van der Waals surface area contributed by atoms with Crippen LogP contribution in [-0.2, 0) is 14.8 Å². The Bertz CT molecular complexity index is 684. The van der Waals surface area contributed by atoms with Gasteiger partial charge in [-0.05, 0) is 31.5 Å². The van der Waals surface area contributed by atoms with Crippen LogP contribution in [0.2, 0.25) is 0 Å². The number of nitrogens with zero attached hydrogens (tertiary/aromatic N) is 1. The average Bonchev–Trinajstić information content (AvgIpc) is 2.54. The van der Waals surface area contributed by atoms with Crippen molar-refractivity contribution in [1.29, 1.82) is 0 Å². The molecular weight excluding hydrogens is 332 g/mol. The van der Waals surface area contributed by atoms with Crippen LogP contribution in [-0.4, -0.2) is 51.8 Å². The van der Waals surface area contributed by atoms with E-state index in [0.29, 0.717) is 32.0 Å². The van der Waals surface area contributed by atoms with Crippen LogP contribution in [0.1, 0.15) is 37.0 Å². The number of carboxylic acids is 1. The standard InChI is InChI=1S/C16H24N2O5S/c1-3-4-12(2)17-24(21,22)13-5-6-15(14(11-13)16(19)20)18-7-9-23-10-8-18/h5-6,11-12,17H,3-4,7-10H2,1-2H3,(H,19,20)/t12-/m1/s1. The Hall–Kier alpha value is -1.64. The zero-order chi connectivity index (χ0) is 17.7. The first-order valence-corrected chi connectivity index (χ1v) is 9.56. The fraction of sp³-hybridized carbons (Fsp3) is 0.562. The molecule has 1 fully saturated rings. The average molecular weight is 356 g/mol.